The maximum absolute atomic E-state index is 12.1. The number of methoxy groups -OCH3 is 1. The van der Waals surface area contributed by atoms with Gasteiger partial charge in [0.15, 0.2) is 0 Å². The first-order valence-corrected chi connectivity index (χ1v) is 7.38. The van der Waals surface area contributed by atoms with Crippen molar-refractivity contribution in [1.29, 1.82) is 0 Å². The first-order chi connectivity index (χ1) is 11.5. The minimum atomic E-state index is -1.16. The van der Waals surface area contributed by atoms with Crippen LogP contribution in [0.3, 0.4) is 0 Å². The number of aromatic nitrogens is 2. The molecule has 126 valence electrons. The fourth-order valence-corrected chi connectivity index (χ4v) is 2.29. The minimum Gasteiger partial charge on any atom is -0.496 e. The van der Waals surface area contributed by atoms with Crippen LogP contribution in [0.5, 0.6) is 5.75 Å². The number of hydrogen-bond donors (Lipinski definition) is 1. The van der Waals surface area contributed by atoms with E-state index in [0.717, 1.165) is 11.1 Å². The minimum absolute atomic E-state index is 0.0277. The van der Waals surface area contributed by atoms with Crippen LogP contribution >= 0.6 is 0 Å². The number of hydrogen-bond acceptors (Lipinski definition) is 6. The first kappa shape index (κ1) is 17.6. The summed E-state index contributed by atoms with van der Waals surface area (Å²) in [6, 6.07) is 3.33. The molecule has 24 heavy (non-hydrogen) atoms. The molecule has 6 heteroatoms. The standard InChI is InChI=1S/C18H20N2O4/c1-11-8-20-15(12(2)17(11)23-4)10-24-18(22)13(3)16(21)14-6-5-7-19-9-14/h5-9,16,21H,3,10H2,1-2,4H3. The van der Waals surface area contributed by atoms with Gasteiger partial charge in [0.05, 0.1) is 18.4 Å². The van der Waals surface area contributed by atoms with Crippen LogP contribution in [-0.2, 0) is 16.1 Å². The van der Waals surface area contributed by atoms with E-state index in [1.165, 1.54) is 6.20 Å². The number of aliphatic hydroxyl groups is 1. The molecule has 1 unspecified atom stereocenters. The number of rotatable bonds is 6. The van der Waals surface area contributed by atoms with E-state index in [2.05, 4.69) is 16.5 Å². The second kappa shape index (κ2) is 7.70. The van der Waals surface area contributed by atoms with Gasteiger partial charge in [0.1, 0.15) is 18.5 Å². The summed E-state index contributed by atoms with van der Waals surface area (Å²) in [6.07, 6.45) is 3.55. The number of esters is 1. The molecule has 2 heterocycles. The van der Waals surface area contributed by atoms with Crippen molar-refractivity contribution in [2.75, 3.05) is 7.11 Å². The van der Waals surface area contributed by atoms with Crippen LogP contribution in [0.4, 0.5) is 0 Å². The SMILES string of the molecule is C=C(C(=O)OCc1ncc(C)c(OC)c1C)C(O)c1cccnc1. The fourth-order valence-electron chi connectivity index (χ4n) is 2.29. The van der Waals surface area contributed by atoms with Gasteiger partial charge in [-0.25, -0.2) is 4.79 Å². The lowest BCUT2D eigenvalue weighted by Gasteiger charge is -2.15. The molecule has 0 saturated heterocycles. The van der Waals surface area contributed by atoms with Gasteiger partial charge in [-0.15, -0.1) is 0 Å². The van der Waals surface area contributed by atoms with Crippen LogP contribution < -0.4 is 4.74 Å². The first-order valence-electron chi connectivity index (χ1n) is 7.38. The largest absolute Gasteiger partial charge is 0.496 e. The molecule has 0 saturated carbocycles. The normalized spacial score (nSPS) is 11.7. The molecule has 0 fully saturated rings. The lowest BCUT2D eigenvalue weighted by Crippen LogP contribution is -2.15. The molecule has 0 radical (unpaired) electrons. The Kier molecular flexibility index (Phi) is 5.65. The van der Waals surface area contributed by atoms with Gasteiger partial charge >= 0.3 is 5.97 Å². The van der Waals surface area contributed by atoms with Gasteiger partial charge in [0.25, 0.3) is 0 Å². The molecule has 0 bridgehead atoms. The van der Waals surface area contributed by atoms with Crippen molar-refractivity contribution in [3.63, 3.8) is 0 Å². The monoisotopic (exact) mass is 328 g/mol. The summed E-state index contributed by atoms with van der Waals surface area (Å²) in [7, 11) is 1.58. The maximum Gasteiger partial charge on any atom is 0.336 e. The summed E-state index contributed by atoms with van der Waals surface area (Å²) in [5, 5.41) is 10.2. The highest BCUT2D eigenvalue weighted by molar-refractivity contribution is 5.89. The molecule has 2 aromatic rings. The number of aliphatic hydroxyl groups excluding tert-OH is 1. The third-order valence-corrected chi connectivity index (χ3v) is 3.68. The van der Waals surface area contributed by atoms with E-state index in [4.69, 9.17) is 9.47 Å². The van der Waals surface area contributed by atoms with Crippen LogP contribution in [0.15, 0.2) is 42.9 Å². The molecule has 0 aliphatic rings. The van der Waals surface area contributed by atoms with E-state index in [1.54, 1.807) is 31.6 Å². The van der Waals surface area contributed by atoms with Crippen LogP contribution in [0.25, 0.3) is 0 Å². The van der Waals surface area contributed by atoms with Crippen molar-refractivity contribution in [2.24, 2.45) is 0 Å². The van der Waals surface area contributed by atoms with Crippen molar-refractivity contribution in [1.82, 2.24) is 9.97 Å². The van der Waals surface area contributed by atoms with Gasteiger partial charge in [-0.05, 0) is 19.9 Å². The quantitative estimate of drug-likeness (QED) is 0.648. The zero-order chi connectivity index (χ0) is 17.7. The predicted molar refractivity (Wildman–Crippen MR) is 88.4 cm³/mol. The fraction of sp³-hybridized carbons (Fsp3) is 0.278. The number of nitrogens with zero attached hydrogens (tertiary/aromatic N) is 2. The predicted octanol–water partition coefficient (Wildman–Crippen LogP) is 2.44. The number of ether oxygens (including phenoxy) is 2. The van der Waals surface area contributed by atoms with Crippen LogP contribution in [0.2, 0.25) is 0 Å². The Balaban J connectivity index is 2.04. The number of aryl methyl sites for hydroxylation is 1. The third-order valence-electron chi connectivity index (χ3n) is 3.68. The molecule has 1 N–H and O–H groups in total. The third kappa shape index (κ3) is 3.78. The number of carbonyl (C=O) groups excluding carboxylic acids is 1. The van der Waals surface area contributed by atoms with Crippen LogP contribution in [0, 0.1) is 13.8 Å². The van der Waals surface area contributed by atoms with Crippen molar-refractivity contribution < 1.29 is 19.4 Å². The summed E-state index contributed by atoms with van der Waals surface area (Å²) in [6.45, 7) is 7.33. The van der Waals surface area contributed by atoms with E-state index in [9.17, 15) is 9.90 Å². The van der Waals surface area contributed by atoms with Crippen LogP contribution in [-0.4, -0.2) is 28.2 Å². The molecule has 1 atom stereocenters. The van der Waals surface area contributed by atoms with Crippen molar-refractivity contribution in [3.8, 4) is 5.75 Å². The Labute approximate surface area is 140 Å². The Hall–Kier alpha value is -2.73. The molecular weight excluding hydrogens is 308 g/mol. The molecule has 2 aromatic heterocycles. The van der Waals surface area contributed by atoms with Gasteiger partial charge in [0, 0.05) is 35.3 Å². The van der Waals surface area contributed by atoms with Crippen LogP contribution in [0.1, 0.15) is 28.5 Å². The second-order valence-electron chi connectivity index (χ2n) is 5.34. The smallest absolute Gasteiger partial charge is 0.336 e. The molecule has 0 aliphatic carbocycles. The molecule has 0 spiro atoms. The van der Waals surface area contributed by atoms with E-state index >= 15 is 0 Å². The average Bonchev–Trinajstić information content (AvgIpc) is 2.60. The zero-order valence-electron chi connectivity index (χ0n) is 13.9. The Bertz CT molecular complexity index is 744. The van der Waals surface area contributed by atoms with Gasteiger partial charge in [-0.2, -0.15) is 0 Å². The highest BCUT2D eigenvalue weighted by Crippen LogP contribution is 2.25. The average molecular weight is 328 g/mol. The molecule has 0 aliphatic heterocycles. The van der Waals surface area contributed by atoms with Gasteiger partial charge < -0.3 is 14.6 Å². The Morgan fingerprint density at radius 3 is 2.75 bits per heavy atom. The maximum atomic E-state index is 12.1. The summed E-state index contributed by atoms with van der Waals surface area (Å²) in [5.41, 5.74) is 2.73. The second-order valence-corrected chi connectivity index (χ2v) is 5.34. The van der Waals surface area contributed by atoms with Crippen molar-refractivity contribution in [3.05, 3.63) is 65.3 Å². The molecule has 6 nitrogen and oxygen atoms in total. The van der Waals surface area contributed by atoms with Crippen molar-refractivity contribution >= 4 is 5.97 Å². The molecule has 0 amide bonds. The highest BCUT2D eigenvalue weighted by atomic mass is 16.5. The summed E-state index contributed by atoms with van der Waals surface area (Å²) >= 11 is 0. The van der Waals surface area contributed by atoms with E-state index in [-0.39, 0.29) is 12.2 Å². The highest BCUT2D eigenvalue weighted by Gasteiger charge is 2.20. The van der Waals surface area contributed by atoms with Crippen molar-refractivity contribution in [2.45, 2.75) is 26.6 Å². The van der Waals surface area contributed by atoms with E-state index < -0.39 is 12.1 Å². The lowest BCUT2D eigenvalue weighted by molar-refractivity contribution is -0.141. The molecular formula is C18H20N2O4. The van der Waals surface area contributed by atoms with E-state index in [1.807, 2.05) is 13.8 Å². The number of pyridine rings is 2. The molecule has 0 aromatic carbocycles. The van der Waals surface area contributed by atoms with Gasteiger partial charge in [-0.1, -0.05) is 12.6 Å². The summed E-state index contributed by atoms with van der Waals surface area (Å²) in [4.78, 5) is 20.3. The number of carbonyl (C=O) groups is 1. The summed E-state index contributed by atoms with van der Waals surface area (Å²) in [5.74, 6) is 0.0253. The Morgan fingerprint density at radius 1 is 1.38 bits per heavy atom. The zero-order valence-corrected chi connectivity index (χ0v) is 13.9. The summed E-state index contributed by atoms with van der Waals surface area (Å²) < 4.78 is 10.5. The Morgan fingerprint density at radius 2 is 2.12 bits per heavy atom. The van der Waals surface area contributed by atoms with E-state index in [0.29, 0.717) is 17.0 Å². The topological polar surface area (TPSA) is 81.5 Å². The van der Waals surface area contributed by atoms with Gasteiger partial charge in [-0.3, -0.25) is 9.97 Å². The lowest BCUT2D eigenvalue weighted by atomic mass is 10.1. The van der Waals surface area contributed by atoms with Gasteiger partial charge in [0.2, 0.25) is 0 Å². The molecule has 2 rings (SSSR count).